The number of nitrogens with zero attached hydrogens (tertiary/aromatic N) is 1. The molecule has 0 spiro atoms. The molecule has 0 saturated heterocycles. The summed E-state index contributed by atoms with van der Waals surface area (Å²) in [7, 11) is 1.88. The summed E-state index contributed by atoms with van der Waals surface area (Å²) < 4.78 is 41.0. The van der Waals surface area contributed by atoms with E-state index < -0.39 is 6.36 Å². The predicted octanol–water partition coefficient (Wildman–Crippen LogP) is 2.93. The number of hydrogen-bond acceptors (Lipinski definition) is 3. The molecule has 1 saturated carbocycles. The Bertz CT molecular complexity index is 544. The summed E-state index contributed by atoms with van der Waals surface area (Å²) >= 11 is 0. The minimum absolute atomic E-state index is 0.00324. The van der Waals surface area contributed by atoms with Gasteiger partial charge in [0.1, 0.15) is 5.75 Å². The van der Waals surface area contributed by atoms with Crippen molar-refractivity contribution in [2.45, 2.75) is 38.7 Å². The number of hydrogen-bond donors (Lipinski definition) is 1. The maximum atomic E-state index is 12.3. The minimum Gasteiger partial charge on any atom is -0.405 e. The number of ether oxygens (including phenoxy) is 1. The Kier molecular flexibility index (Phi) is 5.51. The molecular weight excluding hydrogens is 309 g/mol. The Morgan fingerprint density at radius 1 is 1.39 bits per heavy atom. The second-order valence-corrected chi connectivity index (χ2v) is 5.93. The first-order valence-electron chi connectivity index (χ1n) is 7.57. The van der Waals surface area contributed by atoms with E-state index in [-0.39, 0.29) is 30.3 Å². The van der Waals surface area contributed by atoms with E-state index in [4.69, 9.17) is 0 Å². The molecule has 0 aliphatic heterocycles. The summed E-state index contributed by atoms with van der Waals surface area (Å²) in [5, 5.41) is 2.64. The third-order valence-corrected chi connectivity index (χ3v) is 4.07. The number of amides is 1. The number of likely N-dealkylation sites (N-methyl/N-ethyl adjacent to an activating group) is 1. The summed E-state index contributed by atoms with van der Waals surface area (Å²) in [6.45, 7) is 2.30. The van der Waals surface area contributed by atoms with Crippen LogP contribution < -0.4 is 10.1 Å². The zero-order chi connectivity index (χ0) is 17.0. The molecule has 0 radical (unpaired) electrons. The number of carbonyl (C=O) groups excluding carboxylic acids is 1. The average molecular weight is 330 g/mol. The van der Waals surface area contributed by atoms with Crippen LogP contribution in [0.25, 0.3) is 0 Å². The molecule has 1 aliphatic carbocycles. The van der Waals surface area contributed by atoms with Crippen molar-refractivity contribution in [3.8, 4) is 5.75 Å². The standard InChI is InChI=1S/C16H21F3N2O2/c1-11(12-7-8-12)21(2)10-15(22)20-9-13-5-3-4-6-14(13)23-16(17,18)19/h3-6,11-12H,7-10H2,1-2H3,(H,20,22). The summed E-state index contributed by atoms with van der Waals surface area (Å²) in [5.41, 5.74) is 0.288. The van der Waals surface area contributed by atoms with Crippen LogP contribution in [0.15, 0.2) is 24.3 Å². The zero-order valence-corrected chi connectivity index (χ0v) is 13.2. The lowest BCUT2D eigenvalue weighted by molar-refractivity contribution is -0.274. The van der Waals surface area contributed by atoms with Crippen molar-refractivity contribution in [1.82, 2.24) is 10.2 Å². The normalized spacial score (nSPS) is 16.3. The molecule has 4 nitrogen and oxygen atoms in total. The molecule has 0 aromatic heterocycles. The molecule has 128 valence electrons. The van der Waals surface area contributed by atoms with E-state index in [1.165, 1.54) is 31.0 Å². The van der Waals surface area contributed by atoms with E-state index >= 15 is 0 Å². The van der Waals surface area contributed by atoms with E-state index in [1.807, 2.05) is 11.9 Å². The molecule has 1 N–H and O–H groups in total. The summed E-state index contributed by atoms with van der Waals surface area (Å²) in [6, 6.07) is 6.12. The molecule has 1 aliphatic rings. The first-order chi connectivity index (χ1) is 10.8. The van der Waals surface area contributed by atoms with Gasteiger partial charge in [0.2, 0.25) is 5.91 Å². The van der Waals surface area contributed by atoms with E-state index in [1.54, 1.807) is 6.07 Å². The average Bonchev–Trinajstić information content (AvgIpc) is 3.28. The van der Waals surface area contributed by atoms with E-state index in [9.17, 15) is 18.0 Å². The molecule has 2 rings (SSSR count). The van der Waals surface area contributed by atoms with Gasteiger partial charge >= 0.3 is 6.36 Å². The smallest absolute Gasteiger partial charge is 0.405 e. The lowest BCUT2D eigenvalue weighted by Gasteiger charge is -2.24. The highest BCUT2D eigenvalue weighted by atomic mass is 19.4. The van der Waals surface area contributed by atoms with Crippen LogP contribution in [0.4, 0.5) is 13.2 Å². The molecule has 1 atom stereocenters. The van der Waals surface area contributed by atoms with Crippen molar-refractivity contribution >= 4 is 5.91 Å². The van der Waals surface area contributed by atoms with Gasteiger partial charge in [-0.2, -0.15) is 0 Å². The van der Waals surface area contributed by atoms with Gasteiger partial charge in [0.25, 0.3) is 0 Å². The second kappa shape index (κ2) is 7.21. The van der Waals surface area contributed by atoms with Crippen molar-refractivity contribution in [1.29, 1.82) is 0 Å². The first kappa shape index (κ1) is 17.6. The fourth-order valence-electron chi connectivity index (χ4n) is 2.43. The van der Waals surface area contributed by atoms with E-state index in [2.05, 4.69) is 17.0 Å². The van der Waals surface area contributed by atoms with Gasteiger partial charge in [0.15, 0.2) is 0 Å². The Balaban J connectivity index is 1.86. The SMILES string of the molecule is CC(C1CC1)N(C)CC(=O)NCc1ccccc1OC(F)(F)F. The number of benzene rings is 1. The monoisotopic (exact) mass is 330 g/mol. The first-order valence-corrected chi connectivity index (χ1v) is 7.57. The number of para-hydroxylation sites is 1. The fraction of sp³-hybridized carbons (Fsp3) is 0.562. The van der Waals surface area contributed by atoms with Gasteiger partial charge in [-0.25, -0.2) is 0 Å². The van der Waals surface area contributed by atoms with Crippen LogP contribution in [0.3, 0.4) is 0 Å². The van der Waals surface area contributed by atoms with Gasteiger partial charge in [-0.3, -0.25) is 9.69 Å². The summed E-state index contributed by atoms with van der Waals surface area (Å²) in [5.74, 6) is 0.135. The number of rotatable bonds is 7. The van der Waals surface area contributed by atoms with Crippen molar-refractivity contribution in [2.75, 3.05) is 13.6 Å². The topological polar surface area (TPSA) is 41.6 Å². The van der Waals surface area contributed by atoms with E-state index in [0.717, 1.165) is 0 Å². The van der Waals surface area contributed by atoms with Crippen LogP contribution in [-0.4, -0.2) is 36.8 Å². The maximum absolute atomic E-state index is 12.3. The van der Waals surface area contributed by atoms with Gasteiger partial charge < -0.3 is 10.1 Å². The lowest BCUT2D eigenvalue weighted by Crippen LogP contribution is -2.40. The molecule has 1 aromatic rings. The Morgan fingerprint density at radius 3 is 2.65 bits per heavy atom. The molecule has 1 amide bonds. The predicted molar refractivity (Wildman–Crippen MR) is 79.8 cm³/mol. The molecular formula is C16H21F3N2O2. The van der Waals surface area contributed by atoms with Gasteiger partial charge in [0.05, 0.1) is 6.54 Å². The number of alkyl halides is 3. The van der Waals surface area contributed by atoms with Crippen molar-refractivity contribution in [3.05, 3.63) is 29.8 Å². The van der Waals surface area contributed by atoms with Gasteiger partial charge in [0, 0.05) is 18.2 Å². The quantitative estimate of drug-likeness (QED) is 0.836. The van der Waals surface area contributed by atoms with Crippen molar-refractivity contribution in [2.24, 2.45) is 5.92 Å². The highest BCUT2D eigenvalue weighted by molar-refractivity contribution is 5.78. The van der Waals surface area contributed by atoms with E-state index in [0.29, 0.717) is 12.0 Å². The third kappa shape index (κ3) is 5.74. The van der Waals surface area contributed by atoms with Crippen LogP contribution >= 0.6 is 0 Å². The second-order valence-electron chi connectivity index (χ2n) is 5.93. The molecule has 0 heterocycles. The van der Waals surface area contributed by atoms with Crippen LogP contribution in [-0.2, 0) is 11.3 Å². The van der Waals surface area contributed by atoms with Crippen molar-refractivity contribution in [3.63, 3.8) is 0 Å². The molecule has 1 fully saturated rings. The summed E-state index contributed by atoms with van der Waals surface area (Å²) in [4.78, 5) is 13.9. The summed E-state index contributed by atoms with van der Waals surface area (Å²) in [6.07, 6.45) is -2.37. The van der Waals surface area contributed by atoms with Gasteiger partial charge in [-0.05, 0) is 38.8 Å². The molecule has 1 unspecified atom stereocenters. The third-order valence-electron chi connectivity index (χ3n) is 4.07. The number of nitrogens with one attached hydrogen (secondary N) is 1. The van der Waals surface area contributed by atoms with Crippen LogP contribution in [0.5, 0.6) is 5.75 Å². The maximum Gasteiger partial charge on any atom is 0.573 e. The fourth-order valence-corrected chi connectivity index (χ4v) is 2.43. The van der Waals surface area contributed by atoms with Crippen molar-refractivity contribution < 1.29 is 22.7 Å². The lowest BCUT2D eigenvalue weighted by atomic mass is 10.2. The molecule has 7 heteroatoms. The highest BCUT2D eigenvalue weighted by Gasteiger charge is 2.32. The number of halogens is 3. The number of carbonyl (C=O) groups is 1. The van der Waals surface area contributed by atoms with Gasteiger partial charge in [-0.1, -0.05) is 18.2 Å². The molecule has 23 heavy (non-hydrogen) atoms. The Hall–Kier alpha value is -1.76. The largest absolute Gasteiger partial charge is 0.573 e. The van der Waals surface area contributed by atoms with Gasteiger partial charge in [-0.15, -0.1) is 13.2 Å². The zero-order valence-electron chi connectivity index (χ0n) is 13.2. The van der Waals surface area contributed by atoms with Crippen LogP contribution in [0.2, 0.25) is 0 Å². The Morgan fingerprint density at radius 2 is 2.04 bits per heavy atom. The molecule has 1 aromatic carbocycles. The molecule has 0 bridgehead atoms. The Labute approximate surface area is 133 Å². The highest BCUT2D eigenvalue weighted by Crippen LogP contribution is 2.34. The minimum atomic E-state index is -4.75. The van der Waals surface area contributed by atoms with Crippen LogP contribution in [0, 0.1) is 5.92 Å². The van der Waals surface area contributed by atoms with Crippen LogP contribution in [0.1, 0.15) is 25.3 Å².